The molecule has 1 N–H and O–H groups in total. The molecule has 4 aromatic rings. The molecule has 4 aromatic heterocycles. The highest BCUT2D eigenvalue weighted by molar-refractivity contribution is 7.98. The molecule has 4 rings (SSSR count). The Labute approximate surface area is 173 Å². The van der Waals surface area contributed by atoms with Gasteiger partial charge >= 0.3 is 0 Å². The van der Waals surface area contributed by atoms with Crippen LogP contribution >= 0.6 is 34.4 Å². The zero-order valence-corrected chi connectivity index (χ0v) is 17.2. The third-order valence-electron chi connectivity index (χ3n) is 4.05. The lowest BCUT2D eigenvalue weighted by Crippen LogP contribution is -2.33. The fourth-order valence-corrected chi connectivity index (χ4v) is 5.21. The summed E-state index contributed by atoms with van der Waals surface area (Å²) < 4.78 is 6.64. The summed E-state index contributed by atoms with van der Waals surface area (Å²) in [7, 11) is 0. The van der Waals surface area contributed by atoms with E-state index in [2.05, 4.69) is 10.3 Å². The van der Waals surface area contributed by atoms with Crippen molar-refractivity contribution in [2.45, 2.75) is 12.3 Å². The second-order valence-electron chi connectivity index (χ2n) is 5.97. The van der Waals surface area contributed by atoms with Crippen LogP contribution in [0.15, 0.2) is 56.8 Å². The second-order valence-corrected chi connectivity index (χ2v) is 8.88. The van der Waals surface area contributed by atoms with Gasteiger partial charge in [-0.2, -0.15) is 11.8 Å². The molecule has 28 heavy (non-hydrogen) atoms. The van der Waals surface area contributed by atoms with E-state index in [1.165, 1.54) is 22.2 Å². The van der Waals surface area contributed by atoms with Crippen molar-refractivity contribution in [1.82, 2.24) is 14.9 Å². The van der Waals surface area contributed by atoms with E-state index in [9.17, 15) is 9.59 Å². The fourth-order valence-electron chi connectivity index (χ4n) is 2.73. The van der Waals surface area contributed by atoms with Crippen molar-refractivity contribution in [3.05, 3.63) is 63.7 Å². The summed E-state index contributed by atoms with van der Waals surface area (Å²) in [5, 5.41) is 7.36. The number of furan rings is 1. The zero-order chi connectivity index (χ0) is 19.3. The van der Waals surface area contributed by atoms with Crippen molar-refractivity contribution in [2.24, 2.45) is 0 Å². The molecule has 0 spiro atoms. The Balaban J connectivity index is 1.37. The highest BCUT2D eigenvalue weighted by atomic mass is 32.2. The summed E-state index contributed by atoms with van der Waals surface area (Å²) in [6.07, 6.45) is 3.10. The lowest BCUT2D eigenvalue weighted by atomic mass is 10.2. The maximum absolute atomic E-state index is 12.9. The van der Waals surface area contributed by atoms with Gasteiger partial charge in [-0.3, -0.25) is 14.2 Å². The minimum atomic E-state index is -0.199. The van der Waals surface area contributed by atoms with Gasteiger partial charge in [-0.1, -0.05) is 6.07 Å². The first-order valence-electron chi connectivity index (χ1n) is 8.59. The van der Waals surface area contributed by atoms with E-state index in [-0.39, 0.29) is 18.0 Å². The van der Waals surface area contributed by atoms with E-state index in [4.69, 9.17) is 4.42 Å². The van der Waals surface area contributed by atoms with Crippen molar-refractivity contribution >= 4 is 50.6 Å². The van der Waals surface area contributed by atoms with Crippen molar-refractivity contribution in [3.8, 4) is 10.4 Å². The molecular weight excluding hydrogens is 414 g/mol. The predicted octanol–water partition coefficient (Wildman–Crippen LogP) is 3.83. The molecule has 1 amide bonds. The molecule has 0 fully saturated rings. The molecule has 0 radical (unpaired) electrons. The van der Waals surface area contributed by atoms with Gasteiger partial charge in [-0.05, 0) is 23.6 Å². The quantitative estimate of drug-likeness (QED) is 0.429. The van der Waals surface area contributed by atoms with Crippen LogP contribution in [0.5, 0.6) is 0 Å². The van der Waals surface area contributed by atoms with Crippen LogP contribution in [-0.2, 0) is 17.1 Å². The van der Waals surface area contributed by atoms with E-state index in [0.29, 0.717) is 16.8 Å². The topological polar surface area (TPSA) is 77.1 Å². The maximum Gasteiger partial charge on any atom is 0.263 e. The highest BCUT2D eigenvalue weighted by Crippen LogP contribution is 2.33. The van der Waals surface area contributed by atoms with Gasteiger partial charge in [0.1, 0.15) is 17.1 Å². The number of nitrogens with one attached hydrogen (secondary N) is 1. The number of rotatable bonds is 8. The van der Waals surface area contributed by atoms with Crippen molar-refractivity contribution in [2.75, 3.05) is 12.3 Å². The molecule has 0 aliphatic rings. The zero-order valence-electron chi connectivity index (χ0n) is 14.8. The van der Waals surface area contributed by atoms with Gasteiger partial charge in [-0.15, -0.1) is 22.7 Å². The number of nitrogens with zero attached hydrogens (tertiary/aromatic N) is 2. The minimum absolute atomic E-state index is 0.0374. The van der Waals surface area contributed by atoms with Gasteiger partial charge in [0.25, 0.3) is 5.56 Å². The second kappa shape index (κ2) is 8.76. The first kappa shape index (κ1) is 19.0. The number of amides is 1. The van der Waals surface area contributed by atoms with Crippen LogP contribution in [0.4, 0.5) is 0 Å². The molecule has 144 valence electrons. The number of hydrogen-bond donors (Lipinski definition) is 1. The van der Waals surface area contributed by atoms with Crippen LogP contribution in [0.1, 0.15) is 5.76 Å². The van der Waals surface area contributed by atoms with Gasteiger partial charge in [0.2, 0.25) is 5.91 Å². The molecule has 0 saturated carbocycles. The lowest BCUT2D eigenvalue weighted by Gasteiger charge is -2.07. The van der Waals surface area contributed by atoms with E-state index < -0.39 is 0 Å². The largest absolute Gasteiger partial charge is 0.468 e. The molecule has 9 heteroatoms. The summed E-state index contributed by atoms with van der Waals surface area (Å²) in [4.78, 5) is 31.2. The van der Waals surface area contributed by atoms with Crippen molar-refractivity contribution in [3.63, 3.8) is 0 Å². The van der Waals surface area contributed by atoms with Gasteiger partial charge in [0, 0.05) is 28.1 Å². The monoisotopic (exact) mass is 431 g/mol. The summed E-state index contributed by atoms with van der Waals surface area (Å²) in [5.74, 6) is 2.26. The van der Waals surface area contributed by atoms with Crippen LogP contribution in [-0.4, -0.2) is 27.8 Å². The third-order valence-corrected chi connectivity index (χ3v) is 6.83. The van der Waals surface area contributed by atoms with E-state index in [0.717, 1.165) is 27.7 Å². The SMILES string of the molecule is O=C(Cn1cnc2scc(-c3cccs3)c2c1=O)NCCSCc1ccco1. The first-order valence-corrected chi connectivity index (χ1v) is 11.5. The molecule has 0 atom stereocenters. The van der Waals surface area contributed by atoms with E-state index >= 15 is 0 Å². The Bertz CT molecular complexity index is 1110. The smallest absolute Gasteiger partial charge is 0.263 e. The molecule has 0 aliphatic heterocycles. The van der Waals surface area contributed by atoms with Gasteiger partial charge in [0.15, 0.2) is 0 Å². The molecule has 0 aromatic carbocycles. The lowest BCUT2D eigenvalue weighted by molar-refractivity contribution is -0.121. The fraction of sp³-hybridized carbons (Fsp3) is 0.211. The van der Waals surface area contributed by atoms with Crippen LogP contribution in [0.2, 0.25) is 0 Å². The Hall–Kier alpha value is -2.36. The predicted molar refractivity (Wildman–Crippen MR) is 115 cm³/mol. The summed E-state index contributed by atoms with van der Waals surface area (Å²) in [6, 6.07) is 7.72. The number of thiophene rings is 2. The molecule has 0 aliphatic carbocycles. The molecule has 6 nitrogen and oxygen atoms in total. The number of carbonyl (C=O) groups is 1. The van der Waals surface area contributed by atoms with E-state index in [1.54, 1.807) is 29.4 Å². The average molecular weight is 432 g/mol. The van der Waals surface area contributed by atoms with E-state index in [1.807, 2.05) is 35.0 Å². The Kier molecular flexibility index (Phi) is 5.94. The number of carbonyl (C=O) groups excluding carboxylic acids is 1. The number of fused-ring (bicyclic) bond motifs is 1. The van der Waals surface area contributed by atoms with Crippen molar-refractivity contribution < 1.29 is 9.21 Å². The number of hydrogen-bond acceptors (Lipinski definition) is 7. The Morgan fingerprint density at radius 2 is 2.21 bits per heavy atom. The van der Waals surface area contributed by atoms with Crippen LogP contribution in [0.3, 0.4) is 0 Å². The highest BCUT2D eigenvalue weighted by Gasteiger charge is 2.15. The standard InChI is InChI=1S/C19H17N3O3S3/c23-16(20-5-8-26-10-13-3-1-6-25-13)9-22-12-21-18-17(19(22)24)14(11-28-18)15-4-2-7-27-15/h1-4,6-7,11-12H,5,8-10H2,(H,20,23). The molecular formula is C19H17N3O3S3. The third kappa shape index (κ3) is 4.21. The number of aromatic nitrogens is 2. The Morgan fingerprint density at radius 3 is 3.00 bits per heavy atom. The van der Waals surface area contributed by atoms with Crippen LogP contribution in [0, 0.1) is 0 Å². The minimum Gasteiger partial charge on any atom is -0.468 e. The Morgan fingerprint density at radius 1 is 1.29 bits per heavy atom. The molecule has 0 saturated heterocycles. The summed E-state index contributed by atoms with van der Waals surface area (Å²) in [6.45, 7) is 0.498. The molecule has 0 bridgehead atoms. The van der Waals surface area contributed by atoms with Gasteiger partial charge < -0.3 is 9.73 Å². The summed E-state index contributed by atoms with van der Waals surface area (Å²) >= 11 is 4.70. The number of thioether (sulfide) groups is 1. The van der Waals surface area contributed by atoms with Gasteiger partial charge in [0.05, 0.1) is 23.7 Å². The van der Waals surface area contributed by atoms with Crippen LogP contribution < -0.4 is 10.9 Å². The van der Waals surface area contributed by atoms with Crippen LogP contribution in [0.25, 0.3) is 20.7 Å². The normalized spacial score (nSPS) is 11.1. The van der Waals surface area contributed by atoms with Crippen molar-refractivity contribution in [1.29, 1.82) is 0 Å². The molecule has 0 unspecified atom stereocenters. The summed E-state index contributed by atoms with van der Waals surface area (Å²) in [5.41, 5.74) is 0.702. The molecule has 4 heterocycles. The first-order chi connectivity index (χ1) is 13.7. The maximum atomic E-state index is 12.9. The van der Waals surface area contributed by atoms with Gasteiger partial charge in [-0.25, -0.2) is 4.98 Å². The average Bonchev–Trinajstić information content (AvgIpc) is 3.45.